The summed E-state index contributed by atoms with van der Waals surface area (Å²) < 4.78 is 1.98. The molecule has 0 bridgehead atoms. The molecule has 13 heavy (non-hydrogen) atoms. The van der Waals surface area contributed by atoms with Crippen molar-refractivity contribution < 1.29 is 0 Å². The summed E-state index contributed by atoms with van der Waals surface area (Å²) in [5.41, 5.74) is 2.39. The van der Waals surface area contributed by atoms with E-state index in [1.807, 2.05) is 10.8 Å². The Bertz CT molecular complexity index is 359. The molecule has 0 amide bonds. The van der Waals surface area contributed by atoms with E-state index in [2.05, 4.69) is 36.2 Å². The maximum atomic E-state index is 3.99. The SMILES string of the molecule is [CH2]Cc1ccc(-n2ccnc2)cc1. The Hall–Kier alpha value is -1.57. The summed E-state index contributed by atoms with van der Waals surface area (Å²) in [4.78, 5) is 3.99. The molecule has 1 aromatic heterocycles. The molecule has 0 fully saturated rings. The van der Waals surface area contributed by atoms with Crippen molar-refractivity contribution in [3.8, 4) is 5.69 Å². The van der Waals surface area contributed by atoms with Gasteiger partial charge in [0.2, 0.25) is 0 Å². The zero-order chi connectivity index (χ0) is 9.10. The third-order valence-electron chi connectivity index (χ3n) is 2.03. The Kier molecular flexibility index (Phi) is 2.13. The van der Waals surface area contributed by atoms with E-state index in [4.69, 9.17) is 0 Å². The lowest BCUT2D eigenvalue weighted by atomic mass is 10.1. The maximum absolute atomic E-state index is 3.99. The first kappa shape index (κ1) is 8.05. The average Bonchev–Trinajstić information content (AvgIpc) is 2.71. The molecule has 0 atom stereocenters. The predicted molar refractivity (Wildman–Crippen MR) is 52.6 cm³/mol. The van der Waals surface area contributed by atoms with Crippen molar-refractivity contribution in [1.82, 2.24) is 9.55 Å². The highest BCUT2D eigenvalue weighted by Crippen LogP contribution is 2.09. The Morgan fingerprint density at radius 2 is 2.00 bits per heavy atom. The first-order valence-electron chi connectivity index (χ1n) is 4.26. The highest BCUT2D eigenvalue weighted by molar-refractivity contribution is 5.34. The summed E-state index contributed by atoms with van der Waals surface area (Å²) in [6, 6.07) is 8.31. The number of hydrogen-bond donors (Lipinski definition) is 0. The minimum atomic E-state index is 0.838. The van der Waals surface area contributed by atoms with Crippen LogP contribution in [0.5, 0.6) is 0 Å². The van der Waals surface area contributed by atoms with Crippen LogP contribution in [0.25, 0.3) is 5.69 Å². The van der Waals surface area contributed by atoms with E-state index in [1.54, 1.807) is 12.5 Å². The van der Waals surface area contributed by atoms with Crippen molar-refractivity contribution in [3.63, 3.8) is 0 Å². The molecule has 2 aromatic rings. The van der Waals surface area contributed by atoms with Gasteiger partial charge in [-0.25, -0.2) is 4.98 Å². The third kappa shape index (κ3) is 1.61. The lowest BCUT2D eigenvalue weighted by Crippen LogP contribution is -1.89. The number of hydrogen-bond acceptors (Lipinski definition) is 1. The van der Waals surface area contributed by atoms with E-state index in [0.29, 0.717) is 0 Å². The van der Waals surface area contributed by atoms with Gasteiger partial charge in [0.1, 0.15) is 0 Å². The Morgan fingerprint density at radius 3 is 2.54 bits per heavy atom. The quantitative estimate of drug-likeness (QED) is 0.677. The van der Waals surface area contributed by atoms with Gasteiger partial charge in [0.25, 0.3) is 0 Å². The largest absolute Gasteiger partial charge is 0.306 e. The van der Waals surface area contributed by atoms with Gasteiger partial charge in [-0.05, 0) is 31.0 Å². The zero-order valence-electron chi connectivity index (χ0n) is 7.35. The van der Waals surface area contributed by atoms with Gasteiger partial charge in [-0.3, -0.25) is 0 Å². The van der Waals surface area contributed by atoms with Crippen molar-refractivity contribution in [3.05, 3.63) is 55.5 Å². The van der Waals surface area contributed by atoms with Crippen LogP contribution in [0.15, 0.2) is 43.0 Å². The molecule has 2 nitrogen and oxygen atoms in total. The van der Waals surface area contributed by atoms with E-state index >= 15 is 0 Å². The average molecular weight is 171 g/mol. The molecular weight excluding hydrogens is 160 g/mol. The van der Waals surface area contributed by atoms with E-state index in [9.17, 15) is 0 Å². The fourth-order valence-corrected chi connectivity index (χ4v) is 1.25. The summed E-state index contributed by atoms with van der Waals surface area (Å²) >= 11 is 0. The number of rotatable bonds is 2. The van der Waals surface area contributed by atoms with Gasteiger partial charge in [-0.1, -0.05) is 12.1 Å². The number of imidazole rings is 1. The standard InChI is InChI=1S/C11H11N2/c1-2-10-3-5-11(6-4-10)13-8-7-12-9-13/h3-9H,1-2H2. The Labute approximate surface area is 77.9 Å². The molecule has 1 aromatic carbocycles. The van der Waals surface area contributed by atoms with Gasteiger partial charge in [0.05, 0.1) is 6.33 Å². The lowest BCUT2D eigenvalue weighted by Gasteiger charge is -2.02. The van der Waals surface area contributed by atoms with Crippen molar-refractivity contribution in [1.29, 1.82) is 0 Å². The molecule has 2 heteroatoms. The summed E-state index contributed by atoms with van der Waals surface area (Å²) in [5, 5.41) is 0. The van der Waals surface area contributed by atoms with Crippen LogP contribution in [-0.4, -0.2) is 9.55 Å². The van der Waals surface area contributed by atoms with Crippen molar-refractivity contribution in [2.75, 3.05) is 0 Å². The minimum Gasteiger partial charge on any atom is -0.306 e. The monoisotopic (exact) mass is 171 g/mol. The second-order valence-corrected chi connectivity index (χ2v) is 2.89. The van der Waals surface area contributed by atoms with Gasteiger partial charge in [0.15, 0.2) is 0 Å². The van der Waals surface area contributed by atoms with Crippen LogP contribution in [0.4, 0.5) is 0 Å². The second-order valence-electron chi connectivity index (χ2n) is 2.89. The fourth-order valence-electron chi connectivity index (χ4n) is 1.25. The van der Waals surface area contributed by atoms with E-state index in [1.165, 1.54) is 5.56 Å². The van der Waals surface area contributed by atoms with Gasteiger partial charge in [-0.2, -0.15) is 0 Å². The molecule has 0 unspecified atom stereocenters. The molecule has 0 aliphatic heterocycles. The highest BCUT2D eigenvalue weighted by atomic mass is 15.0. The normalized spacial score (nSPS) is 10.2. The van der Waals surface area contributed by atoms with Gasteiger partial charge < -0.3 is 4.57 Å². The number of nitrogens with zero attached hydrogens (tertiary/aromatic N) is 2. The molecule has 0 aliphatic rings. The molecule has 0 saturated heterocycles. The third-order valence-corrected chi connectivity index (χ3v) is 2.03. The molecular formula is C11H11N2. The summed E-state index contributed by atoms with van der Waals surface area (Å²) in [6.07, 6.45) is 6.33. The number of aromatic nitrogens is 2. The first-order chi connectivity index (χ1) is 6.40. The Balaban J connectivity index is 2.33. The lowest BCUT2D eigenvalue weighted by molar-refractivity contribution is 1.05. The molecule has 2 rings (SSSR count). The summed E-state index contributed by atoms with van der Waals surface area (Å²) in [5.74, 6) is 0. The summed E-state index contributed by atoms with van der Waals surface area (Å²) in [6.45, 7) is 3.83. The topological polar surface area (TPSA) is 17.8 Å². The molecule has 0 spiro atoms. The zero-order valence-corrected chi connectivity index (χ0v) is 7.35. The van der Waals surface area contributed by atoms with Gasteiger partial charge in [0, 0.05) is 18.1 Å². The van der Waals surface area contributed by atoms with Crippen LogP contribution in [0.2, 0.25) is 0 Å². The van der Waals surface area contributed by atoms with Gasteiger partial charge >= 0.3 is 0 Å². The van der Waals surface area contributed by atoms with E-state index < -0.39 is 0 Å². The van der Waals surface area contributed by atoms with Crippen LogP contribution in [0.3, 0.4) is 0 Å². The van der Waals surface area contributed by atoms with Gasteiger partial charge in [-0.15, -0.1) is 0 Å². The predicted octanol–water partition coefficient (Wildman–Crippen LogP) is 2.25. The molecule has 1 radical (unpaired) electrons. The van der Waals surface area contributed by atoms with Crippen molar-refractivity contribution in [2.24, 2.45) is 0 Å². The Morgan fingerprint density at radius 1 is 1.23 bits per heavy atom. The molecule has 0 saturated carbocycles. The second kappa shape index (κ2) is 3.44. The van der Waals surface area contributed by atoms with Crippen LogP contribution >= 0.6 is 0 Å². The van der Waals surface area contributed by atoms with Crippen LogP contribution in [0.1, 0.15) is 5.56 Å². The maximum Gasteiger partial charge on any atom is 0.0991 e. The van der Waals surface area contributed by atoms with Crippen LogP contribution in [0, 0.1) is 6.92 Å². The molecule has 0 N–H and O–H groups in total. The first-order valence-corrected chi connectivity index (χ1v) is 4.26. The van der Waals surface area contributed by atoms with E-state index in [0.717, 1.165) is 12.1 Å². The smallest absolute Gasteiger partial charge is 0.0991 e. The molecule has 0 aliphatic carbocycles. The minimum absolute atomic E-state index is 0.838. The van der Waals surface area contributed by atoms with Crippen molar-refractivity contribution in [2.45, 2.75) is 6.42 Å². The van der Waals surface area contributed by atoms with Crippen LogP contribution < -0.4 is 0 Å². The highest BCUT2D eigenvalue weighted by Gasteiger charge is 1.94. The number of benzene rings is 1. The van der Waals surface area contributed by atoms with E-state index in [-0.39, 0.29) is 0 Å². The molecule has 1 heterocycles. The summed E-state index contributed by atoms with van der Waals surface area (Å²) in [7, 11) is 0. The van der Waals surface area contributed by atoms with Crippen molar-refractivity contribution >= 4 is 0 Å². The van der Waals surface area contributed by atoms with Crippen LogP contribution in [-0.2, 0) is 6.42 Å². The fraction of sp³-hybridized carbons (Fsp3) is 0.0909. The molecule has 65 valence electrons.